The molecule has 9 heteroatoms. The largest absolute Gasteiger partial charge is 0.388 e. The van der Waals surface area contributed by atoms with Crippen molar-refractivity contribution in [2.75, 3.05) is 29.0 Å². The molecular weight excluding hydrogens is 430 g/mol. The highest BCUT2D eigenvalue weighted by Crippen LogP contribution is 2.32. The van der Waals surface area contributed by atoms with Gasteiger partial charge in [-0.3, -0.25) is 13.9 Å². The van der Waals surface area contributed by atoms with Gasteiger partial charge >= 0.3 is 11.8 Å². The third-order valence-electron chi connectivity index (χ3n) is 6.10. The van der Waals surface area contributed by atoms with Crippen LogP contribution in [0.2, 0.25) is 0 Å². The van der Waals surface area contributed by atoms with Crippen LogP contribution in [0.4, 0.5) is 11.4 Å². The van der Waals surface area contributed by atoms with E-state index in [2.05, 4.69) is 10.6 Å². The minimum atomic E-state index is -3.44. The molecule has 1 atom stereocenters. The van der Waals surface area contributed by atoms with Gasteiger partial charge in [0.05, 0.1) is 17.5 Å². The molecule has 4 rings (SSSR count). The number of aliphatic hydroxyl groups is 1. The van der Waals surface area contributed by atoms with Crippen molar-refractivity contribution in [3.05, 3.63) is 59.2 Å². The Morgan fingerprint density at radius 2 is 1.81 bits per heavy atom. The summed E-state index contributed by atoms with van der Waals surface area (Å²) in [6, 6.07) is 12.9. The quantitative estimate of drug-likeness (QED) is 0.600. The second-order valence-electron chi connectivity index (χ2n) is 8.59. The van der Waals surface area contributed by atoms with Crippen molar-refractivity contribution >= 4 is 33.2 Å². The molecule has 2 aromatic carbocycles. The number of anilines is 2. The van der Waals surface area contributed by atoms with Crippen molar-refractivity contribution in [1.82, 2.24) is 5.32 Å². The first-order chi connectivity index (χ1) is 15.1. The smallest absolute Gasteiger partial charge is 0.313 e. The van der Waals surface area contributed by atoms with E-state index in [1.807, 2.05) is 24.3 Å². The fourth-order valence-electron chi connectivity index (χ4n) is 4.41. The minimum Gasteiger partial charge on any atom is -0.388 e. The molecular formula is C23H27N3O5S. The van der Waals surface area contributed by atoms with Crippen LogP contribution in [0, 0.1) is 0 Å². The third kappa shape index (κ3) is 4.78. The van der Waals surface area contributed by atoms with Gasteiger partial charge < -0.3 is 15.7 Å². The van der Waals surface area contributed by atoms with Crippen molar-refractivity contribution in [2.45, 2.75) is 37.7 Å². The first-order valence-electron chi connectivity index (χ1n) is 10.6. The number of fused-ring (bicyclic) bond motifs is 2. The molecule has 32 heavy (non-hydrogen) atoms. The Bertz CT molecular complexity index is 1160. The van der Waals surface area contributed by atoms with Gasteiger partial charge in [-0.15, -0.1) is 0 Å². The van der Waals surface area contributed by atoms with Crippen molar-refractivity contribution in [3.8, 4) is 0 Å². The summed E-state index contributed by atoms with van der Waals surface area (Å²) in [6.45, 7) is 0.352. The molecule has 8 nitrogen and oxygen atoms in total. The maximum Gasteiger partial charge on any atom is 0.313 e. The Labute approximate surface area is 187 Å². The Morgan fingerprint density at radius 3 is 2.56 bits per heavy atom. The lowest BCUT2D eigenvalue weighted by molar-refractivity contribution is -0.136. The summed E-state index contributed by atoms with van der Waals surface area (Å²) in [4.78, 5) is 24.7. The Morgan fingerprint density at radius 1 is 1.06 bits per heavy atom. The highest BCUT2D eigenvalue weighted by atomic mass is 32.2. The number of sulfonamides is 1. The van der Waals surface area contributed by atoms with E-state index < -0.39 is 27.4 Å². The number of amides is 2. The molecule has 2 aromatic rings. The summed E-state index contributed by atoms with van der Waals surface area (Å²) < 4.78 is 25.5. The number of carbonyl (C=O) groups is 2. The minimum absolute atomic E-state index is 0.0281. The number of benzene rings is 2. The number of carbonyl (C=O) groups excluding carboxylic acids is 2. The van der Waals surface area contributed by atoms with E-state index in [0.29, 0.717) is 37.2 Å². The SMILES string of the molecule is CS(=O)(=O)N1CCCc2ccc(NC(=O)C(=O)NCC3(O)CCc4ccccc4C3)cc21. The molecule has 0 saturated heterocycles. The van der Waals surface area contributed by atoms with E-state index in [1.54, 1.807) is 18.2 Å². The molecule has 2 aliphatic rings. The predicted octanol–water partition coefficient (Wildman–Crippen LogP) is 1.37. The summed E-state index contributed by atoms with van der Waals surface area (Å²) in [5.74, 6) is -1.72. The monoisotopic (exact) mass is 457 g/mol. The molecule has 1 aliphatic carbocycles. The van der Waals surface area contributed by atoms with Crippen LogP contribution in [0.3, 0.4) is 0 Å². The first kappa shape index (κ1) is 22.3. The molecule has 1 heterocycles. The molecule has 1 unspecified atom stereocenters. The van der Waals surface area contributed by atoms with Crippen LogP contribution < -0.4 is 14.9 Å². The molecule has 0 aromatic heterocycles. The van der Waals surface area contributed by atoms with Crippen LogP contribution in [0.25, 0.3) is 0 Å². The topological polar surface area (TPSA) is 116 Å². The van der Waals surface area contributed by atoms with E-state index >= 15 is 0 Å². The van der Waals surface area contributed by atoms with Gasteiger partial charge in [-0.1, -0.05) is 30.3 Å². The van der Waals surface area contributed by atoms with Crippen molar-refractivity contribution in [1.29, 1.82) is 0 Å². The summed E-state index contributed by atoms with van der Waals surface area (Å²) in [6.07, 6.45) is 4.24. The molecule has 0 spiro atoms. The number of nitrogens with one attached hydrogen (secondary N) is 2. The van der Waals surface area contributed by atoms with Crippen molar-refractivity contribution in [2.24, 2.45) is 0 Å². The van der Waals surface area contributed by atoms with Crippen LogP contribution in [0.1, 0.15) is 29.5 Å². The van der Waals surface area contributed by atoms with Gasteiger partial charge in [0, 0.05) is 25.2 Å². The van der Waals surface area contributed by atoms with E-state index in [-0.39, 0.29) is 6.54 Å². The maximum atomic E-state index is 12.4. The zero-order valence-electron chi connectivity index (χ0n) is 17.9. The molecule has 0 radical (unpaired) electrons. The van der Waals surface area contributed by atoms with Crippen LogP contribution in [-0.2, 0) is 38.9 Å². The second kappa shape index (κ2) is 8.55. The lowest BCUT2D eigenvalue weighted by atomic mass is 9.80. The fourth-order valence-corrected chi connectivity index (χ4v) is 5.40. The molecule has 0 bridgehead atoms. The average Bonchev–Trinajstić information content (AvgIpc) is 2.76. The van der Waals surface area contributed by atoms with Gasteiger partial charge in [-0.2, -0.15) is 0 Å². The van der Waals surface area contributed by atoms with Crippen LogP contribution >= 0.6 is 0 Å². The molecule has 2 amide bonds. The number of hydrogen-bond donors (Lipinski definition) is 3. The fraction of sp³-hybridized carbons (Fsp3) is 0.391. The zero-order chi connectivity index (χ0) is 22.9. The maximum absolute atomic E-state index is 12.4. The van der Waals surface area contributed by atoms with Crippen molar-refractivity contribution in [3.63, 3.8) is 0 Å². The Kier molecular flexibility index (Phi) is 5.96. The summed E-state index contributed by atoms with van der Waals surface area (Å²) >= 11 is 0. The van der Waals surface area contributed by atoms with Crippen LogP contribution in [0.15, 0.2) is 42.5 Å². The molecule has 0 fully saturated rings. The van der Waals surface area contributed by atoms with Gasteiger partial charge in [-0.25, -0.2) is 8.42 Å². The van der Waals surface area contributed by atoms with E-state index in [9.17, 15) is 23.1 Å². The second-order valence-corrected chi connectivity index (χ2v) is 10.5. The van der Waals surface area contributed by atoms with Crippen LogP contribution in [0.5, 0.6) is 0 Å². The summed E-state index contributed by atoms with van der Waals surface area (Å²) in [5.41, 5.74) is 2.87. The normalized spacial score (nSPS) is 20.1. The highest BCUT2D eigenvalue weighted by Gasteiger charge is 2.33. The molecule has 1 aliphatic heterocycles. The van der Waals surface area contributed by atoms with E-state index in [0.717, 1.165) is 30.2 Å². The predicted molar refractivity (Wildman–Crippen MR) is 122 cm³/mol. The summed E-state index contributed by atoms with van der Waals surface area (Å²) in [7, 11) is -3.44. The third-order valence-corrected chi connectivity index (χ3v) is 7.28. The van der Waals surface area contributed by atoms with Gasteiger partial charge in [0.25, 0.3) is 0 Å². The number of aryl methyl sites for hydroxylation is 2. The van der Waals surface area contributed by atoms with Gasteiger partial charge in [-0.05, 0) is 54.5 Å². The highest BCUT2D eigenvalue weighted by molar-refractivity contribution is 7.92. The Balaban J connectivity index is 1.39. The first-order valence-corrected chi connectivity index (χ1v) is 12.5. The average molecular weight is 458 g/mol. The molecule has 170 valence electrons. The number of nitrogens with zero attached hydrogens (tertiary/aromatic N) is 1. The summed E-state index contributed by atoms with van der Waals surface area (Å²) in [5, 5.41) is 15.9. The van der Waals surface area contributed by atoms with Gasteiger partial charge in [0.1, 0.15) is 0 Å². The van der Waals surface area contributed by atoms with E-state index in [4.69, 9.17) is 0 Å². The number of hydrogen-bond acceptors (Lipinski definition) is 5. The molecule has 3 N–H and O–H groups in total. The van der Waals surface area contributed by atoms with Gasteiger partial charge in [0.15, 0.2) is 0 Å². The number of rotatable bonds is 4. The Hall–Kier alpha value is -2.91. The molecule has 0 saturated carbocycles. The van der Waals surface area contributed by atoms with Gasteiger partial charge in [0.2, 0.25) is 10.0 Å². The van der Waals surface area contributed by atoms with E-state index in [1.165, 1.54) is 9.87 Å². The van der Waals surface area contributed by atoms with Crippen molar-refractivity contribution < 1.29 is 23.1 Å². The lowest BCUT2D eigenvalue weighted by Gasteiger charge is -2.33. The lowest BCUT2D eigenvalue weighted by Crippen LogP contribution is -2.49. The zero-order valence-corrected chi connectivity index (χ0v) is 18.7. The standard InChI is InChI=1S/C23H27N3O5S/c1-32(30,31)26-12-4-7-17-8-9-19(13-20(17)26)25-22(28)21(27)24-15-23(29)11-10-16-5-2-3-6-18(16)14-23/h2-3,5-6,8-9,13,29H,4,7,10-12,14-15H2,1H3,(H,24,27)(H,25,28). The van der Waals surface area contributed by atoms with Crippen LogP contribution in [-0.4, -0.2) is 50.3 Å².